The molecule has 0 aromatic heterocycles. The van der Waals surface area contributed by atoms with Gasteiger partial charge in [0.1, 0.15) is 5.78 Å². The van der Waals surface area contributed by atoms with Crippen LogP contribution in [0.1, 0.15) is 77.6 Å². The zero-order valence-electron chi connectivity index (χ0n) is 12.3. The second-order valence-electron chi connectivity index (χ2n) is 5.52. The van der Waals surface area contributed by atoms with Gasteiger partial charge < -0.3 is 4.74 Å². The molecule has 1 aliphatic carbocycles. The van der Waals surface area contributed by atoms with Crippen molar-refractivity contribution < 1.29 is 14.3 Å². The molecule has 110 valence electrons. The van der Waals surface area contributed by atoms with Gasteiger partial charge in [0.2, 0.25) is 0 Å². The van der Waals surface area contributed by atoms with Gasteiger partial charge in [0.15, 0.2) is 0 Å². The first kappa shape index (κ1) is 16.2. The molecule has 0 radical (unpaired) electrons. The maximum absolute atomic E-state index is 11.6. The van der Waals surface area contributed by atoms with Crippen molar-refractivity contribution in [3.63, 3.8) is 0 Å². The van der Waals surface area contributed by atoms with E-state index in [4.69, 9.17) is 4.74 Å². The molecule has 0 N–H and O–H groups in total. The summed E-state index contributed by atoms with van der Waals surface area (Å²) >= 11 is 0. The lowest BCUT2D eigenvalue weighted by atomic mass is 9.84. The van der Waals surface area contributed by atoms with Crippen LogP contribution < -0.4 is 0 Å². The van der Waals surface area contributed by atoms with Gasteiger partial charge in [-0.15, -0.1) is 0 Å². The lowest BCUT2D eigenvalue weighted by Crippen LogP contribution is -2.18. The van der Waals surface area contributed by atoms with Crippen molar-refractivity contribution >= 4 is 11.8 Å². The van der Waals surface area contributed by atoms with Gasteiger partial charge in [-0.25, -0.2) is 0 Å². The molecule has 0 spiro atoms. The van der Waals surface area contributed by atoms with Crippen LogP contribution in [-0.2, 0) is 14.3 Å². The molecule has 0 aromatic rings. The van der Waals surface area contributed by atoms with Crippen LogP contribution in [0.3, 0.4) is 0 Å². The predicted molar refractivity (Wildman–Crippen MR) is 75.9 cm³/mol. The highest BCUT2D eigenvalue weighted by Gasteiger charge is 2.21. The zero-order valence-corrected chi connectivity index (χ0v) is 12.3. The van der Waals surface area contributed by atoms with E-state index in [0.29, 0.717) is 24.7 Å². The third-order valence-corrected chi connectivity index (χ3v) is 3.92. The number of ether oxygens (including phenoxy) is 1. The molecule has 0 saturated heterocycles. The van der Waals surface area contributed by atoms with E-state index in [1.165, 1.54) is 19.3 Å². The summed E-state index contributed by atoms with van der Waals surface area (Å²) in [6.45, 7) is 2.32. The number of hydrogen-bond acceptors (Lipinski definition) is 3. The van der Waals surface area contributed by atoms with Crippen molar-refractivity contribution in [3.05, 3.63) is 0 Å². The Kier molecular flexibility index (Phi) is 8.52. The normalized spacial score (nSPS) is 19.4. The Labute approximate surface area is 117 Å². The Hall–Kier alpha value is -0.860. The van der Waals surface area contributed by atoms with Crippen LogP contribution >= 0.6 is 0 Å². The molecule has 0 aromatic carbocycles. The molecule has 0 heterocycles. The molecule has 1 rings (SSSR count). The Bertz CT molecular complexity index is 273. The summed E-state index contributed by atoms with van der Waals surface area (Å²) in [6, 6.07) is 0. The molecule has 3 nitrogen and oxygen atoms in total. The minimum Gasteiger partial charge on any atom is -0.466 e. The van der Waals surface area contributed by atoms with Crippen molar-refractivity contribution in [2.24, 2.45) is 5.92 Å². The number of hydrogen-bond donors (Lipinski definition) is 0. The van der Waals surface area contributed by atoms with E-state index < -0.39 is 0 Å². The highest BCUT2D eigenvalue weighted by molar-refractivity contribution is 5.81. The first-order valence-corrected chi connectivity index (χ1v) is 7.92. The number of carbonyl (C=O) groups is 2. The summed E-state index contributed by atoms with van der Waals surface area (Å²) in [7, 11) is 0. The highest BCUT2D eigenvalue weighted by atomic mass is 16.5. The van der Waals surface area contributed by atoms with E-state index in [-0.39, 0.29) is 5.97 Å². The summed E-state index contributed by atoms with van der Waals surface area (Å²) in [4.78, 5) is 22.8. The van der Waals surface area contributed by atoms with E-state index >= 15 is 0 Å². The second kappa shape index (κ2) is 9.99. The van der Waals surface area contributed by atoms with E-state index in [1.54, 1.807) is 0 Å². The molecule has 1 unspecified atom stereocenters. The van der Waals surface area contributed by atoms with Crippen LogP contribution in [0.25, 0.3) is 0 Å². The van der Waals surface area contributed by atoms with Crippen LogP contribution in [-0.4, -0.2) is 18.4 Å². The molecule has 0 bridgehead atoms. The first-order valence-electron chi connectivity index (χ1n) is 7.92. The van der Waals surface area contributed by atoms with Crippen molar-refractivity contribution in [1.82, 2.24) is 0 Å². The monoisotopic (exact) mass is 268 g/mol. The summed E-state index contributed by atoms with van der Waals surface area (Å²) in [5.41, 5.74) is 0. The summed E-state index contributed by atoms with van der Waals surface area (Å²) in [5, 5.41) is 0. The van der Waals surface area contributed by atoms with Crippen LogP contribution in [0.5, 0.6) is 0 Å². The van der Waals surface area contributed by atoms with Gasteiger partial charge in [0, 0.05) is 18.8 Å². The Morgan fingerprint density at radius 2 is 1.89 bits per heavy atom. The minimum atomic E-state index is -0.0738. The second-order valence-corrected chi connectivity index (χ2v) is 5.52. The molecular formula is C16H28O3. The molecular weight excluding hydrogens is 240 g/mol. The molecule has 0 amide bonds. The fourth-order valence-corrected chi connectivity index (χ4v) is 2.78. The first-order chi connectivity index (χ1) is 9.24. The zero-order chi connectivity index (χ0) is 13.9. The van der Waals surface area contributed by atoms with Crippen molar-refractivity contribution in [3.8, 4) is 0 Å². The SMILES string of the molecule is CCOC(=O)CCCCCCCC1CCCCC1=O. The largest absolute Gasteiger partial charge is 0.466 e. The Morgan fingerprint density at radius 1 is 1.16 bits per heavy atom. The smallest absolute Gasteiger partial charge is 0.305 e. The lowest BCUT2D eigenvalue weighted by Gasteiger charge is -2.20. The predicted octanol–water partition coefficient (Wildman–Crippen LogP) is 4.04. The minimum absolute atomic E-state index is 0.0738. The number of unbranched alkanes of at least 4 members (excludes halogenated alkanes) is 4. The maximum Gasteiger partial charge on any atom is 0.305 e. The molecule has 19 heavy (non-hydrogen) atoms. The standard InChI is InChI=1S/C16H28O3/c1-2-19-16(18)13-7-5-3-4-6-10-14-11-8-9-12-15(14)17/h14H,2-13H2,1H3. The van der Waals surface area contributed by atoms with Crippen LogP contribution in [0.4, 0.5) is 0 Å². The molecule has 3 heteroatoms. The van der Waals surface area contributed by atoms with Crippen LogP contribution in [0, 0.1) is 5.92 Å². The third kappa shape index (κ3) is 7.34. The van der Waals surface area contributed by atoms with E-state index in [2.05, 4.69) is 0 Å². The number of ketones is 1. The van der Waals surface area contributed by atoms with Gasteiger partial charge in [0.05, 0.1) is 6.61 Å². The topological polar surface area (TPSA) is 43.4 Å². The number of Topliss-reactive ketones (excluding diaryl/α,β-unsaturated/α-hetero) is 1. The van der Waals surface area contributed by atoms with Gasteiger partial charge in [-0.1, -0.05) is 32.1 Å². The lowest BCUT2D eigenvalue weighted by molar-refractivity contribution is -0.143. The fraction of sp³-hybridized carbons (Fsp3) is 0.875. The van der Waals surface area contributed by atoms with Gasteiger partial charge in [-0.3, -0.25) is 9.59 Å². The summed E-state index contributed by atoms with van der Waals surface area (Å²) in [5.74, 6) is 0.775. The van der Waals surface area contributed by atoms with E-state index in [1.807, 2.05) is 6.92 Å². The quantitative estimate of drug-likeness (QED) is 0.468. The Morgan fingerprint density at radius 3 is 2.63 bits per heavy atom. The van der Waals surface area contributed by atoms with Gasteiger partial charge in [-0.2, -0.15) is 0 Å². The average Bonchev–Trinajstić information content (AvgIpc) is 2.40. The number of carbonyl (C=O) groups excluding carboxylic acids is 2. The molecule has 1 fully saturated rings. The number of rotatable bonds is 9. The van der Waals surface area contributed by atoms with Gasteiger partial charge in [0.25, 0.3) is 0 Å². The summed E-state index contributed by atoms with van der Waals surface area (Å²) < 4.78 is 4.88. The van der Waals surface area contributed by atoms with Gasteiger partial charge in [-0.05, 0) is 32.6 Å². The van der Waals surface area contributed by atoms with Crippen molar-refractivity contribution in [2.45, 2.75) is 77.6 Å². The molecule has 1 atom stereocenters. The van der Waals surface area contributed by atoms with Crippen LogP contribution in [0.15, 0.2) is 0 Å². The Balaban J connectivity index is 1.91. The molecule has 1 aliphatic rings. The maximum atomic E-state index is 11.6. The van der Waals surface area contributed by atoms with E-state index in [9.17, 15) is 9.59 Å². The van der Waals surface area contributed by atoms with Gasteiger partial charge >= 0.3 is 5.97 Å². The third-order valence-electron chi connectivity index (χ3n) is 3.92. The molecule has 1 saturated carbocycles. The average molecular weight is 268 g/mol. The highest BCUT2D eigenvalue weighted by Crippen LogP contribution is 2.25. The van der Waals surface area contributed by atoms with Crippen molar-refractivity contribution in [1.29, 1.82) is 0 Å². The fourth-order valence-electron chi connectivity index (χ4n) is 2.78. The van der Waals surface area contributed by atoms with Crippen LogP contribution in [0.2, 0.25) is 0 Å². The van der Waals surface area contributed by atoms with Crippen molar-refractivity contribution in [2.75, 3.05) is 6.61 Å². The number of esters is 1. The van der Waals surface area contributed by atoms with E-state index in [0.717, 1.165) is 44.9 Å². The summed E-state index contributed by atoms with van der Waals surface area (Å²) in [6.07, 6.45) is 11.4. The molecule has 0 aliphatic heterocycles.